The highest BCUT2D eigenvalue weighted by Crippen LogP contribution is 2.21. The fourth-order valence-electron chi connectivity index (χ4n) is 1.49. The molecule has 2 N–H and O–H groups in total. The highest BCUT2D eigenvalue weighted by atomic mass is 19.1. The van der Waals surface area contributed by atoms with Crippen molar-refractivity contribution in [3.05, 3.63) is 29.8 Å². The fourth-order valence-corrected chi connectivity index (χ4v) is 1.49. The number of carbonyl (C=O) groups is 1. The van der Waals surface area contributed by atoms with Crippen LogP contribution in [0.4, 0.5) is 14.5 Å². The van der Waals surface area contributed by atoms with E-state index in [1.54, 1.807) is 13.8 Å². The Morgan fingerprint density at radius 2 is 2.06 bits per heavy atom. The first kappa shape index (κ1) is 13.6. The number of carbonyl (C=O) groups excluding carboxylic acids is 1. The first-order valence-corrected chi connectivity index (χ1v) is 5.44. The summed E-state index contributed by atoms with van der Waals surface area (Å²) in [6.45, 7) is 3.86. The average Bonchev–Trinajstić information content (AvgIpc) is 2.26. The van der Waals surface area contributed by atoms with Crippen LogP contribution in [-0.2, 0) is 4.79 Å². The van der Waals surface area contributed by atoms with Crippen LogP contribution in [0.1, 0.15) is 13.8 Å². The summed E-state index contributed by atoms with van der Waals surface area (Å²) in [5.41, 5.74) is 5.46. The van der Waals surface area contributed by atoms with Crippen LogP contribution >= 0.6 is 0 Å². The predicted octanol–water partition coefficient (Wildman–Crippen LogP) is 1.91. The molecule has 0 spiro atoms. The lowest BCUT2D eigenvalue weighted by atomic mass is 10.1. The van der Waals surface area contributed by atoms with Gasteiger partial charge in [-0.25, -0.2) is 8.78 Å². The SMILES string of the molecule is CC(C)C(=O)N(CCN)c1ccc(F)cc1F. The Morgan fingerprint density at radius 1 is 1.41 bits per heavy atom. The average molecular weight is 242 g/mol. The van der Waals surface area contributed by atoms with Gasteiger partial charge in [0.1, 0.15) is 11.6 Å². The summed E-state index contributed by atoms with van der Waals surface area (Å²) in [6.07, 6.45) is 0. The van der Waals surface area contributed by atoms with Crippen molar-refractivity contribution in [2.24, 2.45) is 11.7 Å². The van der Waals surface area contributed by atoms with Crippen LogP contribution in [0, 0.1) is 17.6 Å². The summed E-state index contributed by atoms with van der Waals surface area (Å²) in [6, 6.07) is 3.13. The molecule has 0 bridgehead atoms. The molecule has 1 aromatic carbocycles. The quantitative estimate of drug-likeness (QED) is 0.876. The number of hydrogen-bond donors (Lipinski definition) is 1. The van der Waals surface area contributed by atoms with Crippen LogP contribution in [0.15, 0.2) is 18.2 Å². The molecule has 1 amide bonds. The third kappa shape index (κ3) is 3.23. The van der Waals surface area contributed by atoms with Gasteiger partial charge in [-0.3, -0.25) is 4.79 Å². The van der Waals surface area contributed by atoms with Crippen LogP contribution in [0.5, 0.6) is 0 Å². The highest BCUT2D eigenvalue weighted by Gasteiger charge is 2.21. The summed E-state index contributed by atoms with van der Waals surface area (Å²) in [5.74, 6) is -1.93. The molecular weight excluding hydrogens is 226 g/mol. The van der Waals surface area contributed by atoms with Crippen molar-refractivity contribution >= 4 is 11.6 Å². The van der Waals surface area contributed by atoms with Gasteiger partial charge < -0.3 is 10.6 Å². The van der Waals surface area contributed by atoms with Gasteiger partial charge >= 0.3 is 0 Å². The molecule has 0 aliphatic rings. The van der Waals surface area contributed by atoms with E-state index in [2.05, 4.69) is 0 Å². The van der Waals surface area contributed by atoms with Crippen LogP contribution in [0.25, 0.3) is 0 Å². The maximum Gasteiger partial charge on any atom is 0.229 e. The van der Waals surface area contributed by atoms with Crippen LogP contribution < -0.4 is 10.6 Å². The van der Waals surface area contributed by atoms with Crippen LogP contribution in [-0.4, -0.2) is 19.0 Å². The van der Waals surface area contributed by atoms with E-state index in [0.29, 0.717) is 0 Å². The van der Waals surface area contributed by atoms with Crippen molar-refractivity contribution in [2.75, 3.05) is 18.0 Å². The van der Waals surface area contributed by atoms with E-state index in [4.69, 9.17) is 5.73 Å². The van der Waals surface area contributed by atoms with E-state index in [0.717, 1.165) is 12.1 Å². The molecule has 0 radical (unpaired) electrons. The summed E-state index contributed by atoms with van der Waals surface area (Å²) in [4.78, 5) is 13.1. The Hall–Kier alpha value is -1.49. The minimum atomic E-state index is -0.757. The van der Waals surface area contributed by atoms with Gasteiger partial charge in [-0.2, -0.15) is 0 Å². The zero-order valence-electron chi connectivity index (χ0n) is 9.91. The molecule has 0 saturated carbocycles. The van der Waals surface area contributed by atoms with E-state index in [1.165, 1.54) is 11.0 Å². The third-order valence-corrected chi connectivity index (χ3v) is 2.31. The maximum absolute atomic E-state index is 13.6. The number of benzene rings is 1. The minimum absolute atomic E-state index is 0.0653. The molecule has 0 unspecified atom stereocenters. The lowest BCUT2D eigenvalue weighted by molar-refractivity contribution is -0.121. The lowest BCUT2D eigenvalue weighted by Gasteiger charge is -2.24. The Morgan fingerprint density at radius 3 is 2.53 bits per heavy atom. The second-order valence-corrected chi connectivity index (χ2v) is 4.03. The highest BCUT2D eigenvalue weighted by molar-refractivity contribution is 5.94. The van der Waals surface area contributed by atoms with Gasteiger partial charge in [-0.15, -0.1) is 0 Å². The molecule has 3 nitrogen and oxygen atoms in total. The van der Waals surface area contributed by atoms with E-state index < -0.39 is 11.6 Å². The molecule has 0 heterocycles. The predicted molar refractivity (Wildman–Crippen MR) is 62.6 cm³/mol. The van der Waals surface area contributed by atoms with Gasteiger partial charge in [0.2, 0.25) is 5.91 Å². The molecule has 17 heavy (non-hydrogen) atoms. The van der Waals surface area contributed by atoms with E-state index in [9.17, 15) is 13.6 Å². The van der Waals surface area contributed by atoms with E-state index in [1.807, 2.05) is 0 Å². The van der Waals surface area contributed by atoms with Crippen molar-refractivity contribution in [3.63, 3.8) is 0 Å². The number of anilines is 1. The molecule has 0 aliphatic heterocycles. The molecule has 0 atom stereocenters. The second-order valence-electron chi connectivity index (χ2n) is 4.03. The lowest BCUT2D eigenvalue weighted by Crippen LogP contribution is -2.38. The molecule has 0 aromatic heterocycles. The molecule has 1 rings (SSSR count). The molecule has 0 aliphatic carbocycles. The molecule has 0 fully saturated rings. The molecular formula is C12H16F2N2O. The topological polar surface area (TPSA) is 46.3 Å². The molecule has 1 aromatic rings. The number of halogens is 2. The van der Waals surface area contributed by atoms with Crippen LogP contribution in [0.3, 0.4) is 0 Å². The second kappa shape index (κ2) is 5.72. The molecule has 5 heteroatoms. The van der Waals surface area contributed by atoms with Crippen molar-refractivity contribution in [1.82, 2.24) is 0 Å². The smallest absolute Gasteiger partial charge is 0.229 e. The monoisotopic (exact) mass is 242 g/mol. The van der Waals surface area contributed by atoms with Crippen molar-refractivity contribution in [1.29, 1.82) is 0 Å². The summed E-state index contributed by atoms with van der Waals surface area (Å²) >= 11 is 0. The van der Waals surface area contributed by atoms with Gasteiger partial charge in [-0.1, -0.05) is 13.8 Å². The largest absolute Gasteiger partial charge is 0.329 e. The van der Waals surface area contributed by atoms with Gasteiger partial charge in [0.25, 0.3) is 0 Å². The summed E-state index contributed by atoms with van der Waals surface area (Å²) in [7, 11) is 0. The van der Waals surface area contributed by atoms with Gasteiger partial charge in [-0.05, 0) is 12.1 Å². The summed E-state index contributed by atoms with van der Waals surface area (Å²) in [5, 5.41) is 0. The van der Waals surface area contributed by atoms with Crippen molar-refractivity contribution < 1.29 is 13.6 Å². The molecule has 0 saturated heterocycles. The Bertz CT molecular complexity index is 407. The first-order valence-electron chi connectivity index (χ1n) is 5.44. The first-order chi connectivity index (χ1) is 7.97. The molecule has 94 valence electrons. The third-order valence-electron chi connectivity index (χ3n) is 2.31. The van der Waals surface area contributed by atoms with Crippen molar-refractivity contribution in [3.8, 4) is 0 Å². The summed E-state index contributed by atoms with van der Waals surface area (Å²) < 4.78 is 26.4. The zero-order chi connectivity index (χ0) is 13.0. The number of nitrogens with two attached hydrogens (primary N) is 1. The van der Waals surface area contributed by atoms with E-state index >= 15 is 0 Å². The number of nitrogens with zero attached hydrogens (tertiary/aromatic N) is 1. The minimum Gasteiger partial charge on any atom is -0.329 e. The van der Waals surface area contributed by atoms with E-state index in [-0.39, 0.29) is 30.6 Å². The zero-order valence-corrected chi connectivity index (χ0v) is 9.91. The van der Waals surface area contributed by atoms with Gasteiger partial charge in [0.15, 0.2) is 0 Å². The number of amides is 1. The standard InChI is InChI=1S/C12H16F2N2O/c1-8(2)12(17)16(6-5-15)11-4-3-9(13)7-10(11)14/h3-4,7-8H,5-6,15H2,1-2H3. The van der Waals surface area contributed by atoms with Crippen molar-refractivity contribution in [2.45, 2.75) is 13.8 Å². The van der Waals surface area contributed by atoms with Gasteiger partial charge in [0, 0.05) is 25.1 Å². The van der Waals surface area contributed by atoms with Gasteiger partial charge in [0.05, 0.1) is 5.69 Å². The normalized spacial score (nSPS) is 10.7. The Balaban J connectivity index is 3.09. The number of rotatable bonds is 4. The fraction of sp³-hybridized carbons (Fsp3) is 0.417. The maximum atomic E-state index is 13.6. The Labute approximate surface area is 99.2 Å². The Kier molecular flexibility index (Phi) is 4.57. The number of hydrogen-bond acceptors (Lipinski definition) is 2. The van der Waals surface area contributed by atoms with Crippen LogP contribution in [0.2, 0.25) is 0 Å².